The Labute approximate surface area is 60.0 Å². The molecule has 0 bridgehead atoms. The third kappa shape index (κ3) is 1.24. The van der Waals surface area contributed by atoms with Crippen molar-refractivity contribution in [2.75, 3.05) is 12.4 Å². The predicted molar refractivity (Wildman–Crippen MR) is 31.8 cm³/mol. The highest BCUT2D eigenvalue weighted by molar-refractivity contribution is 8.00. The zero-order chi connectivity index (χ0) is 7.78. The summed E-state index contributed by atoms with van der Waals surface area (Å²) in [6.07, 6.45) is -2.30. The molecular weight excluding hydrogens is 168 g/mol. The molecular formula is C5H6F4S. The lowest BCUT2D eigenvalue weighted by molar-refractivity contribution is -0.00254. The normalized spacial score (nSPS) is 38.4. The first kappa shape index (κ1) is 8.17. The first-order chi connectivity index (χ1) is 4.58. The van der Waals surface area contributed by atoms with Crippen LogP contribution < -0.4 is 0 Å². The minimum atomic E-state index is -3.36. The molecule has 60 valence electrons. The number of hydrogen-bond donors (Lipinski definition) is 0. The van der Waals surface area contributed by atoms with E-state index in [-0.39, 0.29) is 17.5 Å². The maximum absolute atomic E-state index is 12.4. The molecule has 0 radical (unpaired) electrons. The van der Waals surface area contributed by atoms with E-state index in [9.17, 15) is 17.6 Å². The standard InChI is InChI=1S/C5H6F4S/c6-1-3-2-10-5(8,9)4(3)7/h3-4H,1-2H2. The number of rotatable bonds is 1. The van der Waals surface area contributed by atoms with Gasteiger partial charge in [0.1, 0.15) is 0 Å². The van der Waals surface area contributed by atoms with Gasteiger partial charge in [0, 0.05) is 11.7 Å². The average molecular weight is 174 g/mol. The van der Waals surface area contributed by atoms with Gasteiger partial charge in [-0.1, -0.05) is 11.8 Å². The van der Waals surface area contributed by atoms with Crippen molar-refractivity contribution in [1.82, 2.24) is 0 Å². The molecule has 0 saturated carbocycles. The molecule has 0 N–H and O–H groups in total. The molecule has 1 heterocycles. The molecule has 2 atom stereocenters. The third-order valence-corrected chi connectivity index (χ3v) is 2.63. The van der Waals surface area contributed by atoms with Crippen LogP contribution in [0.15, 0.2) is 0 Å². The van der Waals surface area contributed by atoms with Crippen molar-refractivity contribution < 1.29 is 17.6 Å². The van der Waals surface area contributed by atoms with E-state index in [4.69, 9.17) is 0 Å². The second-order valence-corrected chi connectivity index (χ2v) is 3.36. The lowest BCUT2D eigenvalue weighted by Gasteiger charge is -2.11. The lowest BCUT2D eigenvalue weighted by Crippen LogP contribution is -2.26. The molecule has 0 aliphatic carbocycles. The maximum Gasteiger partial charge on any atom is 0.324 e. The van der Waals surface area contributed by atoms with Gasteiger partial charge in [0.15, 0.2) is 6.17 Å². The summed E-state index contributed by atoms with van der Waals surface area (Å²) in [7, 11) is 0. The Bertz CT molecular complexity index is 127. The minimum absolute atomic E-state index is 0.120. The molecule has 10 heavy (non-hydrogen) atoms. The quantitative estimate of drug-likeness (QED) is 0.549. The first-order valence-electron chi connectivity index (χ1n) is 2.79. The van der Waals surface area contributed by atoms with Gasteiger partial charge in [-0.05, 0) is 0 Å². The van der Waals surface area contributed by atoms with E-state index in [1.165, 1.54) is 0 Å². The van der Waals surface area contributed by atoms with Crippen molar-refractivity contribution >= 4 is 11.8 Å². The summed E-state index contributed by atoms with van der Waals surface area (Å²) in [5, 5.41) is -3.36. The molecule has 1 fully saturated rings. The molecule has 5 heteroatoms. The van der Waals surface area contributed by atoms with Crippen LogP contribution in [0.5, 0.6) is 0 Å². The first-order valence-corrected chi connectivity index (χ1v) is 3.78. The Morgan fingerprint density at radius 1 is 1.50 bits per heavy atom. The molecule has 1 rings (SSSR count). The molecule has 0 aromatic heterocycles. The van der Waals surface area contributed by atoms with Gasteiger partial charge in [0.05, 0.1) is 6.67 Å². The predicted octanol–water partition coefficient (Wildman–Crippen LogP) is 2.25. The Hall–Kier alpha value is 0.0700. The van der Waals surface area contributed by atoms with Gasteiger partial charge in [0.25, 0.3) is 0 Å². The molecule has 0 aromatic rings. The van der Waals surface area contributed by atoms with Crippen LogP contribution in [0, 0.1) is 5.92 Å². The van der Waals surface area contributed by atoms with Crippen molar-refractivity contribution in [2.24, 2.45) is 5.92 Å². The summed E-state index contributed by atoms with van der Waals surface area (Å²) in [5.41, 5.74) is 0. The van der Waals surface area contributed by atoms with Crippen molar-refractivity contribution in [3.8, 4) is 0 Å². The zero-order valence-corrected chi connectivity index (χ0v) is 5.81. The van der Waals surface area contributed by atoms with Crippen molar-refractivity contribution in [2.45, 2.75) is 11.4 Å². The summed E-state index contributed by atoms with van der Waals surface area (Å²) in [4.78, 5) is 0. The smallest absolute Gasteiger partial charge is 0.251 e. The molecule has 1 aliphatic heterocycles. The van der Waals surface area contributed by atoms with Gasteiger partial charge in [0.2, 0.25) is 0 Å². The van der Waals surface area contributed by atoms with Crippen LogP contribution in [0.4, 0.5) is 17.6 Å². The summed E-state index contributed by atoms with van der Waals surface area (Å²) >= 11 is 0.192. The third-order valence-electron chi connectivity index (χ3n) is 1.42. The molecule has 2 unspecified atom stereocenters. The van der Waals surface area contributed by atoms with Crippen LogP contribution in [0.1, 0.15) is 0 Å². The molecule has 1 aliphatic rings. The Balaban J connectivity index is 2.58. The monoisotopic (exact) mass is 174 g/mol. The van der Waals surface area contributed by atoms with Crippen LogP contribution >= 0.6 is 11.8 Å². The van der Waals surface area contributed by atoms with Gasteiger partial charge in [-0.15, -0.1) is 0 Å². The summed E-state index contributed by atoms with van der Waals surface area (Å²) in [5.74, 6) is -1.23. The number of alkyl halides is 4. The van der Waals surface area contributed by atoms with E-state index in [0.29, 0.717) is 0 Å². The molecule has 0 aromatic carbocycles. The van der Waals surface area contributed by atoms with Gasteiger partial charge in [-0.3, -0.25) is 4.39 Å². The summed E-state index contributed by atoms with van der Waals surface area (Å²) < 4.78 is 48.5. The summed E-state index contributed by atoms with van der Waals surface area (Å²) in [6.45, 7) is -0.996. The molecule has 0 amide bonds. The fraction of sp³-hybridized carbons (Fsp3) is 1.00. The van der Waals surface area contributed by atoms with E-state index in [1.54, 1.807) is 0 Å². The zero-order valence-electron chi connectivity index (χ0n) is 4.99. The maximum atomic E-state index is 12.4. The van der Waals surface area contributed by atoms with E-state index in [1.807, 2.05) is 0 Å². The number of hydrogen-bond acceptors (Lipinski definition) is 1. The molecule has 0 spiro atoms. The highest BCUT2D eigenvalue weighted by atomic mass is 32.2. The van der Waals surface area contributed by atoms with Crippen LogP contribution in [0.3, 0.4) is 0 Å². The second-order valence-electron chi connectivity index (χ2n) is 2.19. The Morgan fingerprint density at radius 2 is 2.10 bits per heavy atom. The van der Waals surface area contributed by atoms with Gasteiger partial charge in [-0.25, -0.2) is 4.39 Å². The van der Waals surface area contributed by atoms with Crippen molar-refractivity contribution in [1.29, 1.82) is 0 Å². The van der Waals surface area contributed by atoms with E-state index < -0.39 is 24.0 Å². The Kier molecular flexibility index (Phi) is 2.12. The van der Waals surface area contributed by atoms with Crippen LogP contribution in [-0.4, -0.2) is 23.9 Å². The molecule has 0 nitrogen and oxygen atoms in total. The van der Waals surface area contributed by atoms with Crippen LogP contribution in [0.2, 0.25) is 0 Å². The SMILES string of the molecule is FCC1CSC(F)(F)C1F. The highest BCUT2D eigenvalue weighted by Crippen LogP contribution is 2.45. The van der Waals surface area contributed by atoms with Crippen molar-refractivity contribution in [3.05, 3.63) is 0 Å². The average Bonchev–Trinajstić information content (AvgIpc) is 2.10. The fourth-order valence-corrected chi connectivity index (χ4v) is 1.83. The van der Waals surface area contributed by atoms with Crippen LogP contribution in [0.25, 0.3) is 0 Å². The number of thioether (sulfide) groups is 1. The largest absolute Gasteiger partial charge is 0.324 e. The van der Waals surface area contributed by atoms with Crippen LogP contribution in [-0.2, 0) is 0 Å². The topological polar surface area (TPSA) is 0 Å². The summed E-state index contributed by atoms with van der Waals surface area (Å²) in [6, 6.07) is 0. The van der Waals surface area contributed by atoms with Crippen molar-refractivity contribution in [3.63, 3.8) is 0 Å². The lowest BCUT2D eigenvalue weighted by atomic mass is 10.1. The molecule has 1 saturated heterocycles. The van der Waals surface area contributed by atoms with E-state index >= 15 is 0 Å². The highest BCUT2D eigenvalue weighted by Gasteiger charge is 2.51. The second kappa shape index (κ2) is 2.60. The van der Waals surface area contributed by atoms with E-state index in [0.717, 1.165) is 0 Å². The Morgan fingerprint density at radius 3 is 2.30 bits per heavy atom. The van der Waals surface area contributed by atoms with Gasteiger partial charge in [-0.2, -0.15) is 8.78 Å². The van der Waals surface area contributed by atoms with Gasteiger partial charge < -0.3 is 0 Å². The van der Waals surface area contributed by atoms with E-state index in [2.05, 4.69) is 0 Å². The fourth-order valence-electron chi connectivity index (χ4n) is 0.779. The minimum Gasteiger partial charge on any atom is -0.251 e. The number of halogens is 4. The van der Waals surface area contributed by atoms with Gasteiger partial charge >= 0.3 is 5.25 Å².